The first-order valence-electron chi connectivity index (χ1n) is 20.3. The Morgan fingerprint density at radius 2 is 0.740 bits per heavy atom. The molecule has 0 N–H and O–H groups in total. The average Bonchev–Trinajstić information content (AvgIpc) is 3.05. The van der Waals surface area contributed by atoms with Crippen LogP contribution < -0.4 is 68.9 Å². The van der Waals surface area contributed by atoms with Crippen molar-refractivity contribution >= 4 is 19.8 Å². The summed E-state index contributed by atoms with van der Waals surface area (Å²) >= 11 is 0. The molecule has 0 amide bonds. The number of unbranched alkanes of at least 4 members (excludes halogenated alkanes) is 28. The summed E-state index contributed by atoms with van der Waals surface area (Å²) in [6, 6.07) is 0. The van der Waals surface area contributed by atoms with Crippen LogP contribution in [0.1, 0.15) is 219 Å². The van der Waals surface area contributed by atoms with E-state index in [-0.39, 0.29) is 78.6 Å². The van der Waals surface area contributed by atoms with E-state index < -0.39 is 32.5 Å². The molecule has 0 aliphatic carbocycles. The van der Waals surface area contributed by atoms with Crippen molar-refractivity contribution in [2.45, 2.75) is 225 Å². The maximum absolute atomic E-state index is 12.3. The molecular weight excluding hydrogens is 673 g/mol. The monoisotopic (exact) mass is 748 g/mol. The van der Waals surface area contributed by atoms with Gasteiger partial charge < -0.3 is 28.3 Å². The normalized spacial score (nSPS) is 11.8. The summed E-state index contributed by atoms with van der Waals surface area (Å²) in [5.74, 6) is -0.941. The van der Waals surface area contributed by atoms with Crippen molar-refractivity contribution < 1.29 is 97.1 Å². The number of hydrogen-bond acceptors (Lipinski definition) is 8. The zero-order valence-corrected chi connectivity index (χ0v) is 38.2. The van der Waals surface area contributed by atoms with Crippen molar-refractivity contribution in [1.29, 1.82) is 0 Å². The molecule has 11 heteroatoms. The molecule has 0 saturated carbocycles. The summed E-state index contributed by atoms with van der Waals surface area (Å²) in [6.45, 7) is 3.52. The van der Waals surface area contributed by atoms with Gasteiger partial charge in [-0.3, -0.25) is 9.59 Å². The number of phosphoric acid groups is 1. The van der Waals surface area contributed by atoms with Gasteiger partial charge in [0.2, 0.25) is 0 Å². The van der Waals surface area contributed by atoms with E-state index in [1.165, 1.54) is 148 Å². The fraction of sp³-hybridized carbons (Fsp3) is 0.949. The van der Waals surface area contributed by atoms with E-state index in [0.29, 0.717) is 12.8 Å². The summed E-state index contributed by atoms with van der Waals surface area (Å²) in [6.07, 6.45) is 36.3. The Balaban J connectivity index is -0.0000110. The molecule has 1 unspecified atom stereocenters. The summed E-state index contributed by atoms with van der Waals surface area (Å²) < 4.78 is 25.8. The zero-order valence-electron chi connectivity index (χ0n) is 33.3. The van der Waals surface area contributed by atoms with E-state index >= 15 is 0 Å². The Morgan fingerprint density at radius 1 is 0.460 bits per heavy atom. The van der Waals surface area contributed by atoms with Crippen LogP contribution in [0.15, 0.2) is 0 Å². The molecule has 0 rings (SSSR count). The quantitative estimate of drug-likeness (QED) is 0.0381. The number of ether oxygens (including phenoxy) is 2. The summed E-state index contributed by atoms with van der Waals surface area (Å²) in [5, 5.41) is 0. The molecule has 1 atom stereocenters. The van der Waals surface area contributed by atoms with E-state index in [9.17, 15) is 23.9 Å². The first-order valence-corrected chi connectivity index (χ1v) is 21.8. The minimum Gasteiger partial charge on any atom is -0.790 e. The van der Waals surface area contributed by atoms with Gasteiger partial charge in [0.1, 0.15) is 6.61 Å². The summed E-state index contributed by atoms with van der Waals surface area (Å²) in [5.41, 5.74) is 0. The van der Waals surface area contributed by atoms with Crippen molar-refractivity contribution in [3.63, 3.8) is 0 Å². The largest absolute Gasteiger partial charge is 1.00 e. The van der Waals surface area contributed by atoms with Gasteiger partial charge >= 0.3 is 71.1 Å². The van der Waals surface area contributed by atoms with Crippen molar-refractivity contribution in [3.8, 4) is 0 Å². The molecule has 0 bridgehead atoms. The third-order valence-electron chi connectivity index (χ3n) is 9.12. The topological polar surface area (TPSA) is 125 Å². The van der Waals surface area contributed by atoms with Crippen LogP contribution in [-0.2, 0) is 28.2 Å². The van der Waals surface area contributed by atoms with Crippen LogP contribution in [0.25, 0.3) is 0 Å². The van der Waals surface area contributed by atoms with Gasteiger partial charge in [-0.15, -0.1) is 0 Å². The van der Waals surface area contributed by atoms with Gasteiger partial charge in [-0.1, -0.05) is 194 Å². The second kappa shape index (κ2) is 42.8. The predicted octanol–water partition coefficient (Wildman–Crippen LogP) is 4.82. The maximum atomic E-state index is 12.3. The number of carbonyl (C=O) groups is 2. The number of carbonyl (C=O) groups excluding carboxylic acids is 2. The Labute approximate surface area is 352 Å². The van der Waals surface area contributed by atoms with Gasteiger partial charge in [-0.2, -0.15) is 0 Å². The standard InChI is InChI=1S/C39H77O8P.2Na/c1-3-5-7-9-11-13-15-17-19-21-23-25-27-29-31-33-38(40)45-35-37(36-46-48(42,43)44)47-39(41)34-32-30-28-26-24-22-20-18-16-14-12-10-8-6-4-2;;/h37H,3-36H2,1-2H3,(H2,42,43,44);;/q;2*+1/p-2. The SMILES string of the molecule is CCCCCCCCCCCCCCCCCC(=O)OCC(COP(=O)([O-])[O-])OC(=O)CCCCCCCCCCCCCCCCC.[Na+].[Na+]. The van der Waals surface area contributed by atoms with Gasteiger partial charge in [0.05, 0.1) is 14.4 Å². The molecule has 286 valence electrons. The Bertz CT molecular complexity index is 768. The molecule has 0 heterocycles. The number of esters is 2. The Kier molecular flexibility index (Phi) is 47.4. The second-order valence-corrected chi connectivity index (χ2v) is 15.1. The fourth-order valence-electron chi connectivity index (χ4n) is 6.07. The summed E-state index contributed by atoms with van der Waals surface area (Å²) in [7, 11) is -5.24. The van der Waals surface area contributed by atoms with E-state index in [0.717, 1.165) is 32.1 Å². The number of hydrogen-bond donors (Lipinski definition) is 0. The molecule has 8 nitrogen and oxygen atoms in total. The van der Waals surface area contributed by atoms with Crippen LogP contribution in [0, 0.1) is 0 Å². The van der Waals surface area contributed by atoms with Gasteiger partial charge in [-0.25, -0.2) is 0 Å². The summed E-state index contributed by atoms with van der Waals surface area (Å²) in [4.78, 5) is 46.5. The fourth-order valence-corrected chi connectivity index (χ4v) is 6.42. The number of phosphoric ester groups is 1. The van der Waals surface area contributed by atoms with Gasteiger partial charge in [0, 0.05) is 12.8 Å². The zero-order chi connectivity index (χ0) is 35.4. The molecule has 0 fully saturated rings. The van der Waals surface area contributed by atoms with Crippen LogP contribution in [-0.4, -0.2) is 31.3 Å². The molecule has 50 heavy (non-hydrogen) atoms. The van der Waals surface area contributed by atoms with Crippen molar-refractivity contribution in [3.05, 3.63) is 0 Å². The Morgan fingerprint density at radius 3 is 1.04 bits per heavy atom. The van der Waals surface area contributed by atoms with Crippen LogP contribution >= 0.6 is 7.82 Å². The van der Waals surface area contributed by atoms with Crippen molar-refractivity contribution in [2.24, 2.45) is 0 Å². The molecule has 0 aromatic heterocycles. The molecule has 0 aliphatic heterocycles. The molecule has 0 radical (unpaired) electrons. The van der Waals surface area contributed by atoms with Crippen LogP contribution in [0.2, 0.25) is 0 Å². The van der Waals surface area contributed by atoms with Crippen molar-refractivity contribution in [1.82, 2.24) is 0 Å². The maximum Gasteiger partial charge on any atom is 1.00 e. The van der Waals surface area contributed by atoms with E-state index in [1.54, 1.807) is 0 Å². The van der Waals surface area contributed by atoms with Crippen molar-refractivity contribution in [2.75, 3.05) is 13.2 Å². The molecule has 0 aliphatic rings. The number of rotatable bonds is 38. The minimum atomic E-state index is -5.24. The molecular formula is C39H75Na2O8P. The van der Waals surface area contributed by atoms with Gasteiger partial charge in [0.15, 0.2) is 6.10 Å². The van der Waals surface area contributed by atoms with E-state index in [1.807, 2.05) is 0 Å². The van der Waals surface area contributed by atoms with E-state index in [4.69, 9.17) is 9.47 Å². The van der Waals surface area contributed by atoms with Crippen LogP contribution in [0.4, 0.5) is 0 Å². The molecule has 0 saturated heterocycles. The first-order chi connectivity index (χ1) is 23.3. The molecule has 0 aromatic rings. The molecule has 0 spiro atoms. The third-order valence-corrected chi connectivity index (χ3v) is 9.58. The average molecular weight is 749 g/mol. The van der Waals surface area contributed by atoms with E-state index in [2.05, 4.69) is 18.4 Å². The second-order valence-electron chi connectivity index (χ2n) is 13.9. The van der Waals surface area contributed by atoms with Crippen LogP contribution in [0.3, 0.4) is 0 Å². The molecule has 0 aromatic carbocycles. The Hall–Kier alpha value is 1.05. The third kappa shape index (κ3) is 45.2. The smallest absolute Gasteiger partial charge is 0.790 e. The van der Waals surface area contributed by atoms with Crippen LogP contribution in [0.5, 0.6) is 0 Å². The van der Waals surface area contributed by atoms with Gasteiger partial charge in [-0.05, 0) is 12.8 Å². The van der Waals surface area contributed by atoms with Gasteiger partial charge in [0.25, 0.3) is 0 Å². The minimum absolute atomic E-state index is 0. The predicted molar refractivity (Wildman–Crippen MR) is 193 cm³/mol. The first kappa shape index (κ1) is 55.4.